The maximum Gasteiger partial charge on any atom is 0.255 e. The fourth-order valence-corrected chi connectivity index (χ4v) is 3.03. The lowest BCUT2D eigenvalue weighted by atomic mass is 10.1. The number of carbonyl (C=O) groups is 1. The molecule has 0 spiro atoms. The van der Waals surface area contributed by atoms with Crippen LogP contribution in [0, 0.1) is 6.92 Å². The lowest BCUT2D eigenvalue weighted by Crippen LogP contribution is -2.36. The number of nitrogens with one attached hydrogen (secondary N) is 1. The van der Waals surface area contributed by atoms with Crippen LogP contribution in [0.2, 0.25) is 0 Å². The molecule has 1 aromatic heterocycles. The number of benzene rings is 2. The van der Waals surface area contributed by atoms with Crippen molar-refractivity contribution in [3.8, 4) is 5.69 Å². The summed E-state index contributed by atoms with van der Waals surface area (Å²) >= 11 is 0. The standard InChI is InChI=1S/C19H20N6O2/c1-14-2-4-15(5-3-14)19(26)21-17-12-16(25-13-20-22-23-25)6-7-18(17)24-8-10-27-11-9-24/h2-7,12-13H,8-11H2,1H3,(H,21,26). The number of aromatic nitrogens is 4. The van der Waals surface area contributed by atoms with Crippen molar-refractivity contribution in [2.24, 2.45) is 0 Å². The van der Waals surface area contributed by atoms with Gasteiger partial charge in [0, 0.05) is 18.7 Å². The second-order valence-corrected chi connectivity index (χ2v) is 6.38. The summed E-state index contributed by atoms with van der Waals surface area (Å²) in [7, 11) is 0. The smallest absolute Gasteiger partial charge is 0.255 e. The molecule has 27 heavy (non-hydrogen) atoms. The number of hydrogen-bond donors (Lipinski definition) is 1. The minimum absolute atomic E-state index is 0.154. The number of carbonyl (C=O) groups excluding carboxylic acids is 1. The molecular weight excluding hydrogens is 344 g/mol. The molecule has 8 heteroatoms. The highest BCUT2D eigenvalue weighted by Gasteiger charge is 2.18. The van der Waals surface area contributed by atoms with E-state index in [0.29, 0.717) is 18.8 Å². The predicted octanol–water partition coefficient (Wildman–Crippen LogP) is 2.06. The summed E-state index contributed by atoms with van der Waals surface area (Å²) in [4.78, 5) is 15.0. The van der Waals surface area contributed by atoms with Crippen LogP contribution in [0.1, 0.15) is 15.9 Å². The summed E-state index contributed by atoms with van der Waals surface area (Å²) in [5.74, 6) is -0.154. The highest BCUT2D eigenvalue weighted by atomic mass is 16.5. The zero-order chi connectivity index (χ0) is 18.6. The van der Waals surface area contributed by atoms with Gasteiger partial charge in [-0.25, -0.2) is 4.68 Å². The Labute approximate surface area is 156 Å². The summed E-state index contributed by atoms with van der Waals surface area (Å²) in [6.07, 6.45) is 1.52. The zero-order valence-corrected chi connectivity index (χ0v) is 15.0. The van der Waals surface area contributed by atoms with Gasteiger partial charge in [0.05, 0.1) is 30.3 Å². The molecule has 8 nitrogen and oxygen atoms in total. The average molecular weight is 364 g/mol. The molecule has 2 aromatic carbocycles. The van der Waals surface area contributed by atoms with Crippen LogP contribution in [0.4, 0.5) is 11.4 Å². The molecule has 0 bridgehead atoms. The molecule has 1 saturated heterocycles. The first kappa shape index (κ1) is 17.2. The first-order chi connectivity index (χ1) is 13.2. The third kappa shape index (κ3) is 3.80. The van der Waals surface area contributed by atoms with Crippen LogP contribution in [0.3, 0.4) is 0 Å². The van der Waals surface area contributed by atoms with Gasteiger partial charge >= 0.3 is 0 Å². The van der Waals surface area contributed by atoms with Gasteiger partial charge in [0.15, 0.2) is 0 Å². The maximum absolute atomic E-state index is 12.8. The molecule has 1 amide bonds. The first-order valence-corrected chi connectivity index (χ1v) is 8.79. The maximum atomic E-state index is 12.8. The third-order valence-electron chi connectivity index (χ3n) is 4.51. The Morgan fingerprint density at radius 1 is 1.11 bits per heavy atom. The molecule has 0 aliphatic carbocycles. The quantitative estimate of drug-likeness (QED) is 0.763. The summed E-state index contributed by atoms with van der Waals surface area (Å²) in [5, 5.41) is 14.3. The van der Waals surface area contributed by atoms with Gasteiger partial charge in [-0.3, -0.25) is 4.79 Å². The van der Waals surface area contributed by atoms with E-state index in [1.165, 1.54) is 6.33 Å². The topological polar surface area (TPSA) is 85.2 Å². The van der Waals surface area contributed by atoms with Crippen molar-refractivity contribution in [2.45, 2.75) is 6.92 Å². The molecule has 1 N–H and O–H groups in total. The van der Waals surface area contributed by atoms with Crippen LogP contribution in [0.15, 0.2) is 48.8 Å². The van der Waals surface area contributed by atoms with E-state index < -0.39 is 0 Å². The summed E-state index contributed by atoms with van der Waals surface area (Å²) in [6, 6.07) is 13.3. The van der Waals surface area contributed by atoms with Gasteiger partial charge < -0.3 is 15.0 Å². The van der Waals surface area contributed by atoms with Crippen molar-refractivity contribution in [3.63, 3.8) is 0 Å². The molecule has 1 aliphatic heterocycles. The van der Waals surface area contributed by atoms with Crippen LogP contribution < -0.4 is 10.2 Å². The molecule has 0 saturated carbocycles. The van der Waals surface area contributed by atoms with Crippen molar-refractivity contribution >= 4 is 17.3 Å². The number of rotatable bonds is 4. The third-order valence-corrected chi connectivity index (χ3v) is 4.51. The number of hydrogen-bond acceptors (Lipinski definition) is 6. The number of tetrazole rings is 1. The van der Waals surface area contributed by atoms with Crippen molar-refractivity contribution < 1.29 is 9.53 Å². The molecule has 4 rings (SSSR count). The predicted molar refractivity (Wildman–Crippen MR) is 101 cm³/mol. The highest BCUT2D eigenvalue weighted by molar-refractivity contribution is 6.06. The SMILES string of the molecule is Cc1ccc(C(=O)Nc2cc(-n3cnnn3)ccc2N2CCOCC2)cc1. The normalized spacial score (nSPS) is 14.2. The second kappa shape index (κ2) is 7.55. The van der Waals surface area contributed by atoms with E-state index in [0.717, 1.165) is 35.7 Å². The molecule has 2 heterocycles. The van der Waals surface area contributed by atoms with Gasteiger partial charge in [-0.15, -0.1) is 5.10 Å². The minimum atomic E-state index is -0.154. The Kier molecular flexibility index (Phi) is 4.80. The molecule has 3 aromatic rings. The van der Waals surface area contributed by atoms with E-state index >= 15 is 0 Å². The number of nitrogens with zero attached hydrogens (tertiary/aromatic N) is 5. The number of aryl methyl sites for hydroxylation is 1. The number of anilines is 2. The van der Waals surface area contributed by atoms with Gasteiger partial charge in [-0.05, 0) is 47.7 Å². The van der Waals surface area contributed by atoms with E-state index in [1.807, 2.05) is 49.4 Å². The Morgan fingerprint density at radius 3 is 2.59 bits per heavy atom. The fourth-order valence-electron chi connectivity index (χ4n) is 3.03. The Bertz CT molecular complexity index is 918. The minimum Gasteiger partial charge on any atom is -0.378 e. The molecule has 1 aliphatic rings. The fraction of sp³-hybridized carbons (Fsp3) is 0.263. The number of morpholine rings is 1. The van der Waals surface area contributed by atoms with Crippen LogP contribution in [-0.2, 0) is 4.74 Å². The highest BCUT2D eigenvalue weighted by Crippen LogP contribution is 2.29. The van der Waals surface area contributed by atoms with Gasteiger partial charge in [-0.2, -0.15) is 0 Å². The van der Waals surface area contributed by atoms with E-state index in [4.69, 9.17) is 4.74 Å². The molecule has 138 valence electrons. The zero-order valence-electron chi connectivity index (χ0n) is 15.0. The van der Waals surface area contributed by atoms with Crippen LogP contribution >= 0.6 is 0 Å². The van der Waals surface area contributed by atoms with Crippen LogP contribution in [0.25, 0.3) is 5.69 Å². The number of amides is 1. The largest absolute Gasteiger partial charge is 0.378 e. The Morgan fingerprint density at radius 2 is 1.89 bits per heavy atom. The average Bonchev–Trinajstić information content (AvgIpc) is 3.24. The Balaban J connectivity index is 1.67. The molecule has 0 unspecified atom stereocenters. The van der Waals surface area contributed by atoms with E-state index in [2.05, 4.69) is 25.7 Å². The Hall–Kier alpha value is -3.26. The lowest BCUT2D eigenvalue weighted by molar-refractivity contribution is 0.102. The van der Waals surface area contributed by atoms with Crippen LogP contribution in [0.5, 0.6) is 0 Å². The van der Waals surface area contributed by atoms with Gasteiger partial charge in [0.2, 0.25) is 0 Å². The van der Waals surface area contributed by atoms with Crippen molar-refractivity contribution in [1.82, 2.24) is 20.2 Å². The molecular formula is C19H20N6O2. The van der Waals surface area contributed by atoms with Crippen LogP contribution in [-0.4, -0.2) is 52.4 Å². The summed E-state index contributed by atoms with van der Waals surface area (Å²) in [5.41, 5.74) is 4.17. The summed E-state index contributed by atoms with van der Waals surface area (Å²) in [6.45, 7) is 4.88. The van der Waals surface area contributed by atoms with E-state index in [-0.39, 0.29) is 5.91 Å². The lowest BCUT2D eigenvalue weighted by Gasteiger charge is -2.30. The van der Waals surface area contributed by atoms with Crippen molar-refractivity contribution in [3.05, 3.63) is 59.9 Å². The molecule has 1 fully saturated rings. The monoisotopic (exact) mass is 364 g/mol. The van der Waals surface area contributed by atoms with E-state index in [1.54, 1.807) is 4.68 Å². The van der Waals surface area contributed by atoms with Gasteiger partial charge in [0.1, 0.15) is 6.33 Å². The molecule has 0 atom stereocenters. The summed E-state index contributed by atoms with van der Waals surface area (Å²) < 4.78 is 7.01. The van der Waals surface area contributed by atoms with Crippen molar-refractivity contribution in [1.29, 1.82) is 0 Å². The first-order valence-electron chi connectivity index (χ1n) is 8.79. The molecule has 0 radical (unpaired) electrons. The van der Waals surface area contributed by atoms with Crippen molar-refractivity contribution in [2.75, 3.05) is 36.5 Å². The van der Waals surface area contributed by atoms with Gasteiger partial charge in [0.25, 0.3) is 5.91 Å². The van der Waals surface area contributed by atoms with Gasteiger partial charge in [-0.1, -0.05) is 17.7 Å². The van der Waals surface area contributed by atoms with E-state index in [9.17, 15) is 4.79 Å². The number of ether oxygens (including phenoxy) is 1. The second-order valence-electron chi connectivity index (χ2n) is 6.38.